The van der Waals surface area contributed by atoms with Gasteiger partial charge in [0, 0.05) is 47.0 Å². The summed E-state index contributed by atoms with van der Waals surface area (Å²) in [5.74, 6) is 2.21. The molecule has 0 radical (unpaired) electrons. The molecule has 242 valence electrons. The molecule has 0 saturated carbocycles. The third-order valence-corrected chi connectivity index (χ3v) is 11.7. The summed E-state index contributed by atoms with van der Waals surface area (Å²) in [5, 5.41) is 18.0. The Bertz CT molecular complexity index is 1630. The van der Waals surface area contributed by atoms with E-state index in [1.54, 1.807) is 23.2 Å². The van der Waals surface area contributed by atoms with Gasteiger partial charge in [-0.25, -0.2) is 4.39 Å². The first-order chi connectivity index (χ1) is 22.1. The molecule has 0 aliphatic carbocycles. The molecule has 5 heterocycles. The smallest absolute Gasteiger partial charge is 0.158 e. The number of likely N-dealkylation sites (tertiary alicyclic amines) is 1. The predicted octanol–water partition coefficient (Wildman–Crippen LogP) is 7.15. The number of aliphatic imine (C=N–C) groups is 1. The number of nitrogens with zero attached hydrogens (tertiary/aromatic N) is 5. The van der Waals surface area contributed by atoms with Crippen LogP contribution in [0.2, 0.25) is 0 Å². The molecule has 46 heavy (non-hydrogen) atoms. The molecule has 1 aromatic heterocycles. The van der Waals surface area contributed by atoms with Crippen molar-refractivity contribution >= 4 is 45.1 Å². The molecule has 9 heteroatoms. The van der Waals surface area contributed by atoms with Crippen LogP contribution in [0.4, 0.5) is 20.8 Å². The maximum atomic E-state index is 15.9. The average molecular weight is 640 g/mol. The number of piperidine rings is 1. The third-order valence-electron chi connectivity index (χ3n) is 10.5. The number of hydrogen-bond acceptors (Lipinski definition) is 7. The number of nitrogens with one attached hydrogen (secondary N) is 2. The van der Waals surface area contributed by atoms with Gasteiger partial charge in [0.15, 0.2) is 5.67 Å². The number of fused-ring (bicyclic) bond motifs is 1. The second-order valence-corrected chi connectivity index (χ2v) is 15.2. The Balaban J connectivity index is 0.927. The van der Waals surface area contributed by atoms with Crippen molar-refractivity contribution in [3.8, 4) is 0 Å². The van der Waals surface area contributed by atoms with E-state index in [0.717, 1.165) is 58.0 Å². The molecule has 4 aliphatic rings. The van der Waals surface area contributed by atoms with Gasteiger partial charge in [-0.3, -0.25) is 25.6 Å². The zero-order valence-corrected chi connectivity index (χ0v) is 28.3. The predicted molar refractivity (Wildman–Crippen MR) is 191 cm³/mol. The van der Waals surface area contributed by atoms with Gasteiger partial charge in [0.25, 0.3) is 0 Å². The highest BCUT2D eigenvalue weighted by Gasteiger charge is 2.45. The van der Waals surface area contributed by atoms with Crippen LogP contribution < -0.4 is 14.7 Å². The van der Waals surface area contributed by atoms with Gasteiger partial charge >= 0.3 is 0 Å². The van der Waals surface area contributed by atoms with Crippen molar-refractivity contribution in [2.75, 3.05) is 60.5 Å². The first kappa shape index (κ1) is 31.1. The molecular weight excluding hydrogens is 594 g/mol. The molecule has 7 nitrogen and oxygen atoms in total. The Kier molecular flexibility index (Phi) is 8.26. The minimum absolute atomic E-state index is 0.319. The minimum Gasteiger partial charge on any atom is -0.371 e. The van der Waals surface area contributed by atoms with Crippen LogP contribution in [0.25, 0.3) is 0 Å². The van der Waals surface area contributed by atoms with Gasteiger partial charge in [0.05, 0.1) is 18.8 Å². The summed E-state index contributed by atoms with van der Waals surface area (Å²) in [6.07, 6.45) is 3.68. The lowest BCUT2D eigenvalue weighted by Gasteiger charge is -2.49. The molecule has 3 fully saturated rings. The van der Waals surface area contributed by atoms with Crippen LogP contribution in [0, 0.1) is 36.5 Å². The zero-order valence-electron chi connectivity index (χ0n) is 27.5. The molecule has 3 aromatic rings. The maximum absolute atomic E-state index is 15.9. The van der Waals surface area contributed by atoms with E-state index in [1.807, 2.05) is 6.92 Å². The second-order valence-electron chi connectivity index (χ2n) is 14.0. The van der Waals surface area contributed by atoms with Crippen molar-refractivity contribution in [1.29, 1.82) is 10.8 Å². The summed E-state index contributed by atoms with van der Waals surface area (Å²) in [7, 11) is 0. The fourth-order valence-electron chi connectivity index (χ4n) is 7.78. The Labute approximate surface area is 276 Å². The van der Waals surface area contributed by atoms with Crippen molar-refractivity contribution in [2.45, 2.75) is 58.7 Å². The Morgan fingerprint density at radius 3 is 2.26 bits per heavy atom. The molecular formula is C37H46FN7S. The number of para-hydroxylation sites is 1. The molecule has 0 spiro atoms. The van der Waals surface area contributed by atoms with Gasteiger partial charge in [-0.2, -0.15) is 0 Å². The van der Waals surface area contributed by atoms with Crippen molar-refractivity contribution in [2.24, 2.45) is 16.8 Å². The fraction of sp³-hybridized carbons (Fsp3) is 0.486. The van der Waals surface area contributed by atoms with E-state index in [9.17, 15) is 0 Å². The number of benzene rings is 2. The number of rotatable bonds is 7. The van der Waals surface area contributed by atoms with Crippen molar-refractivity contribution in [3.05, 3.63) is 76.2 Å². The average Bonchev–Trinajstić information content (AvgIpc) is 3.23. The fourth-order valence-corrected chi connectivity index (χ4v) is 9.01. The Morgan fingerprint density at radius 1 is 0.957 bits per heavy atom. The minimum atomic E-state index is -1.16. The lowest BCUT2D eigenvalue weighted by atomic mass is 9.83. The highest BCUT2D eigenvalue weighted by Crippen LogP contribution is 2.41. The first-order valence-corrected chi connectivity index (χ1v) is 17.6. The van der Waals surface area contributed by atoms with E-state index >= 15 is 4.39 Å². The van der Waals surface area contributed by atoms with E-state index in [-0.39, 0.29) is 6.04 Å². The van der Waals surface area contributed by atoms with Crippen molar-refractivity contribution < 1.29 is 4.39 Å². The summed E-state index contributed by atoms with van der Waals surface area (Å²) in [6.45, 7) is 13.6. The highest BCUT2D eigenvalue weighted by molar-refractivity contribution is 7.17. The van der Waals surface area contributed by atoms with E-state index in [1.165, 1.54) is 42.9 Å². The van der Waals surface area contributed by atoms with E-state index in [2.05, 4.69) is 83.1 Å². The number of amidine groups is 2. The molecule has 2 aromatic carbocycles. The molecule has 0 amide bonds. The first-order valence-electron chi connectivity index (χ1n) is 16.8. The topological polar surface area (TPSA) is 73.0 Å². The standard InChI is InChI=1S/C37H46FN7S/c1-24-26(3)46-36-33(24)34(41-25(2)35(40)45(36)27(4)39)30-10-12-32(13-11-30)44-22-37(38,23-44)21-42-16-14-28(15-17-42)18-29-19-43(20-29)31-8-6-5-7-9-31/h5-13,25,28-29,39-40H,14-23H2,1-4H3/t25-/m0/s1. The quantitative estimate of drug-likeness (QED) is 0.213. The zero-order chi connectivity index (χ0) is 32.2. The molecule has 4 aliphatic heterocycles. The molecule has 2 N–H and O–H groups in total. The number of thiophene rings is 1. The molecule has 0 bridgehead atoms. The van der Waals surface area contributed by atoms with Gasteiger partial charge in [-0.15, -0.1) is 11.3 Å². The van der Waals surface area contributed by atoms with Crippen LogP contribution in [0.1, 0.15) is 54.7 Å². The van der Waals surface area contributed by atoms with Crippen LogP contribution >= 0.6 is 11.3 Å². The van der Waals surface area contributed by atoms with Gasteiger partial charge in [-0.05, 0) is 102 Å². The van der Waals surface area contributed by atoms with E-state index < -0.39 is 5.67 Å². The van der Waals surface area contributed by atoms with Crippen molar-refractivity contribution in [3.63, 3.8) is 0 Å². The van der Waals surface area contributed by atoms with E-state index in [4.69, 9.17) is 15.8 Å². The molecule has 0 unspecified atom stereocenters. The summed E-state index contributed by atoms with van der Waals surface area (Å²) in [4.78, 5) is 14.9. The van der Waals surface area contributed by atoms with Gasteiger partial charge in [0.2, 0.25) is 0 Å². The van der Waals surface area contributed by atoms with Crippen LogP contribution in [0.5, 0.6) is 0 Å². The van der Waals surface area contributed by atoms with Gasteiger partial charge < -0.3 is 9.80 Å². The normalized spacial score (nSPS) is 22.2. The largest absolute Gasteiger partial charge is 0.371 e. The van der Waals surface area contributed by atoms with Gasteiger partial charge in [0.1, 0.15) is 22.7 Å². The van der Waals surface area contributed by atoms with Crippen molar-refractivity contribution in [1.82, 2.24) is 4.90 Å². The number of alkyl halides is 1. The van der Waals surface area contributed by atoms with Crippen LogP contribution in [-0.2, 0) is 0 Å². The number of hydrogen-bond donors (Lipinski definition) is 2. The molecule has 1 atom stereocenters. The van der Waals surface area contributed by atoms with Crippen LogP contribution in [0.15, 0.2) is 59.6 Å². The molecule has 3 saturated heterocycles. The lowest BCUT2D eigenvalue weighted by molar-refractivity contribution is 0.0448. The van der Waals surface area contributed by atoms with Gasteiger partial charge in [-0.1, -0.05) is 30.3 Å². The van der Waals surface area contributed by atoms with Crippen LogP contribution in [0.3, 0.4) is 0 Å². The number of halogens is 1. The second kappa shape index (κ2) is 12.2. The summed E-state index contributed by atoms with van der Waals surface area (Å²) >= 11 is 1.62. The van der Waals surface area contributed by atoms with E-state index in [0.29, 0.717) is 31.3 Å². The third kappa shape index (κ3) is 5.88. The monoisotopic (exact) mass is 639 g/mol. The number of aryl methyl sites for hydroxylation is 1. The lowest BCUT2D eigenvalue weighted by Crippen LogP contribution is -2.64. The highest BCUT2D eigenvalue weighted by atomic mass is 32.1. The Hall–Kier alpha value is -3.56. The van der Waals surface area contributed by atoms with Crippen LogP contribution in [-0.4, -0.2) is 79.8 Å². The maximum Gasteiger partial charge on any atom is 0.158 e. The summed E-state index contributed by atoms with van der Waals surface area (Å²) < 4.78 is 15.9. The summed E-state index contributed by atoms with van der Waals surface area (Å²) in [5.41, 5.74) is 5.21. The number of anilines is 3. The SMILES string of the molecule is CC(=N)N1C(=N)[C@H](C)N=C(c2ccc(N3CC(F)(CN4CCC(CC5CN(c6ccccc6)C5)CC4)C3)cc2)c2c1sc(C)c2C. The Morgan fingerprint density at radius 2 is 1.61 bits per heavy atom. The molecule has 7 rings (SSSR count). The summed E-state index contributed by atoms with van der Waals surface area (Å²) in [6, 6.07) is 18.7.